The van der Waals surface area contributed by atoms with Gasteiger partial charge in [-0.25, -0.2) is 8.78 Å². The standard InChI is InChI=1S/C11H13F2NO2S/c12-10(13)8-5-17-4-7(8)6-2-1-3-14-9(6)11(15)16/h4-6,9-10,14H,1-3H2,(H,15,16). The summed E-state index contributed by atoms with van der Waals surface area (Å²) in [5, 5.41) is 15.0. The van der Waals surface area contributed by atoms with Crippen LogP contribution in [0.5, 0.6) is 0 Å². The Labute approximate surface area is 101 Å². The van der Waals surface area contributed by atoms with Crippen molar-refractivity contribution in [3.63, 3.8) is 0 Å². The summed E-state index contributed by atoms with van der Waals surface area (Å²) in [5.74, 6) is -1.32. The third-order valence-corrected chi connectivity index (χ3v) is 3.86. The molecule has 0 saturated carbocycles. The Morgan fingerprint density at radius 1 is 1.53 bits per heavy atom. The Morgan fingerprint density at radius 3 is 2.94 bits per heavy atom. The van der Waals surface area contributed by atoms with Crippen LogP contribution in [0.4, 0.5) is 8.78 Å². The lowest BCUT2D eigenvalue weighted by atomic mass is 9.84. The molecular formula is C11H13F2NO2S. The van der Waals surface area contributed by atoms with Crippen LogP contribution in [0.2, 0.25) is 0 Å². The minimum absolute atomic E-state index is 0.0186. The summed E-state index contributed by atoms with van der Waals surface area (Å²) < 4.78 is 25.6. The van der Waals surface area contributed by atoms with Gasteiger partial charge in [0.05, 0.1) is 0 Å². The first-order chi connectivity index (χ1) is 8.11. The highest BCUT2D eigenvalue weighted by Gasteiger charge is 2.34. The smallest absolute Gasteiger partial charge is 0.321 e. The van der Waals surface area contributed by atoms with Crippen LogP contribution >= 0.6 is 11.3 Å². The van der Waals surface area contributed by atoms with Crippen molar-refractivity contribution in [1.29, 1.82) is 0 Å². The molecule has 2 N–H and O–H groups in total. The Balaban J connectivity index is 2.29. The van der Waals surface area contributed by atoms with E-state index in [1.165, 1.54) is 16.7 Å². The van der Waals surface area contributed by atoms with E-state index in [2.05, 4.69) is 5.32 Å². The molecule has 0 aromatic carbocycles. The number of nitrogens with one attached hydrogen (secondary N) is 1. The minimum atomic E-state index is -2.53. The third kappa shape index (κ3) is 2.47. The second-order valence-electron chi connectivity index (χ2n) is 4.10. The topological polar surface area (TPSA) is 49.3 Å². The number of hydrogen-bond acceptors (Lipinski definition) is 3. The van der Waals surface area contributed by atoms with E-state index in [1.807, 2.05) is 0 Å². The number of carboxylic acid groups (broad SMARTS) is 1. The molecule has 0 spiro atoms. The number of rotatable bonds is 3. The molecule has 2 rings (SSSR count). The molecule has 6 heteroatoms. The number of thiophene rings is 1. The fourth-order valence-corrected chi connectivity index (χ4v) is 3.19. The predicted octanol–water partition coefficient (Wildman–Crippen LogP) is 2.61. The van der Waals surface area contributed by atoms with E-state index in [9.17, 15) is 13.6 Å². The number of halogens is 2. The number of carboxylic acids is 1. The van der Waals surface area contributed by atoms with Crippen molar-refractivity contribution < 1.29 is 18.7 Å². The van der Waals surface area contributed by atoms with Crippen molar-refractivity contribution in [3.8, 4) is 0 Å². The van der Waals surface area contributed by atoms with E-state index in [0.717, 1.165) is 6.42 Å². The van der Waals surface area contributed by atoms with Crippen LogP contribution in [0.25, 0.3) is 0 Å². The fourth-order valence-electron chi connectivity index (χ4n) is 2.28. The molecule has 3 nitrogen and oxygen atoms in total. The molecule has 1 saturated heterocycles. The largest absolute Gasteiger partial charge is 0.480 e. The molecule has 0 amide bonds. The van der Waals surface area contributed by atoms with Gasteiger partial charge in [0, 0.05) is 11.5 Å². The van der Waals surface area contributed by atoms with Crippen LogP contribution < -0.4 is 5.32 Å². The van der Waals surface area contributed by atoms with Gasteiger partial charge in [0.25, 0.3) is 6.43 Å². The number of hydrogen-bond donors (Lipinski definition) is 2. The van der Waals surface area contributed by atoms with Gasteiger partial charge in [-0.05, 0) is 35.7 Å². The molecule has 0 aliphatic carbocycles. The van der Waals surface area contributed by atoms with Crippen molar-refractivity contribution in [2.75, 3.05) is 6.54 Å². The summed E-state index contributed by atoms with van der Waals surface area (Å²) in [6.07, 6.45) is -1.08. The van der Waals surface area contributed by atoms with Crippen LogP contribution in [0, 0.1) is 0 Å². The third-order valence-electron chi connectivity index (χ3n) is 3.08. The van der Waals surface area contributed by atoms with E-state index in [4.69, 9.17) is 5.11 Å². The highest BCUT2D eigenvalue weighted by molar-refractivity contribution is 7.08. The van der Waals surface area contributed by atoms with Gasteiger partial charge in [0.15, 0.2) is 0 Å². The van der Waals surface area contributed by atoms with Gasteiger partial charge in [0.2, 0.25) is 0 Å². The first-order valence-corrected chi connectivity index (χ1v) is 6.36. The molecule has 1 aromatic rings. The van der Waals surface area contributed by atoms with Crippen molar-refractivity contribution in [2.45, 2.75) is 31.2 Å². The van der Waals surface area contributed by atoms with Gasteiger partial charge in [0.1, 0.15) is 6.04 Å². The van der Waals surface area contributed by atoms with Crippen LogP contribution in [-0.2, 0) is 4.79 Å². The number of piperidine rings is 1. The van der Waals surface area contributed by atoms with Crippen LogP contribution in [0.3, 0.4) is 0 Å². The minimum Gasteiger partial charge on any atom is -0.480 e. The summed E-state index contributed by atoms with van der Waals surface area (Å²) >= 11 is 1.20. The molecule has 1 aliphatic rings. The zero-order chi connectivity index (χ0) is 12.4. The van der Waals surface area contributed by atoms with E-state index < -0.39 is 18.4 Å². The van der Waals surface area contributed by atoms with E-state index >= 15 is 0 Å². The average molecular weight is 261 g/mol. The molecule has 1 fully saturated rings. The van der Waals surface area contributed by atoms with E-state index in [-0.39, 0.29) is 11.5 Å². The zero-order valence-corrected chi connectivity index (χ0v) is 9.84. The summed E-state index contributed by atoms with van der Waals surface area (Å²) in [4.78, 5) is 11.1. The highest BCUT2D eigenvalue weighted by atomic mass is 32.1. The van der Waals surface area contributed by atoms with Crippen molar-refractivity contribution in [1.82, 2.24) is 5.32 Å². The van der Waals surface area contributed by atoms with E-state index in [0.29, 0.717) is 18.5 Å². The molecule has 0 radical (unpaired) electrons. The van der Waals surface area contributed by atoms with Crippen LogP contribution in [0.1, 0.15) is 36.3 Å². The molecule has 2 unspecified atom stereocenters. The maximum absolute atomic E-state index is 12.8. The molecule has 1 aromatic heterocycles. The lowest BCUT2D eigenvalue weighted by molar-refractivity contribution is -0.140. The second kappa shape index (κ2) is 5.10. The van der Waals surface area contributed by atoms with Gasteiger partial charge in [-0.15, -0.1) is 0 Å². The van der Waals surface area contributed by atoms with Gasteiger partial charge >= 0.3 is 5.97 Å². The van der Waals surface area contributed by atoms with E-state index in [1.54, 1.807) is 5.38 Å². The number of alkyl halides is 2. The highest BCUT2D eigenvalue weighted by Crippen LogP contribution is 2.37. The molecule has 2 heterocycles. The van der Waals surface area contributed by atoms with Crippen molar-refractivity contribution >= 4 is 17.3 Å². The lowest BCUT2D eigenvalue weighted by Gasteiger charge is -2.30. The first kappa shape index (κ1) is 12.4. The molecule has 17 heavy (non-hydrogen) atoms. The summed E-state index contributed by atoms with van der Waals surface area (Å²) in [5.41, 5.74) is 0.472. The summed E-state index contributed by atoms with van der Waals surface area (Å²) in [6.45, 7) is 0.627. The monoisotopic (exact) mass is 261 g/mol. The van der Waals surface area contributed by atoms with Gasteiger partial charge in [-0.1, -0.05) is 0 Å². The fraction of sp³-hybridized carbons (Fsp3) is 0.545. The maximum Gasteiger partial charge on any atom is 0.321 e. The Morgan fingerprint density at radius 2 is 2.29 bits per heavy atom. The quantitative estimate of drug-likeness (QED) is 0.879. The normalized spacial score (nSPS) is 25.1. The molecule has 1 aliphatic heterocycles. The predicted molar refractivity (Wildman–Crippen MR) is 60.7 cm³/mol. The molecular weight excluding hydrogens is 248 g/mol. The van der Waals surface area contributed by atoms with Crippen LogP contribution in [-0.4, -0.2) is 23.7 Å². The van der Waals surface area contributed by atoms with Crippen molar-refractivity contribution in [2.24, 2.45) is 0 Å². The van der Waals surface area contributed by atoms with Gasteiger partial charge < -0.3 is 10.4 Å². The Hall–Kier alpha value is -1.01. The number of carbonyl (C=O) groups is 1. The lowest BCUT2D eigenvalue weighted by Crippen LogP contribution is -2.45. The second-order valence-corrected chi connectivity index (χ2v) is 4.85. The number of aliphatic carboxylic acids is 1. The SMILES string of the molecule is O=C(O)C1NCCCC1c1cscc1C(F)F. The summed E-state index contributed by atoms with van der Waals surface area (Å²) in [7, 11) is 0. The zero-order valence-electron chi connectivity index (χ0n) is 9.03. The van der Waals surface area contributed by atoms with Crippen molar-refractivity contribution in [3.05, 3.63) is 21.9 Å². The summed E-state index contributed by atoms with van der Waals surface area (Å²) in [6, 6.07) is -0.754. The first-order valence-electron chi connectivity index (χ1n) is 5.41. The average Bonchev–Trinajstić information content (AvgIpc) is 2.77. The van der Waals surface area contributed by atoms with Gasteiger partial charge in [-0.2, -0.15) is 11.3 Å². The maximum atomic E-state index is 12.8. The molecule has 94 valence electrons. The van der Waals surface area contributed by atoms with Gasteiger partial charge in [-0.3, -0.25) is 4.79 Å². The van der Waals surface area contributed by atoms with Crippen LogP contribution in [0.15, 0.2) is 10.8 Å². The molecule has 0 bridgehead atoms. The Kier molecular flexibility index (Phi) is 3.73. The molecule has 2 atom stereocenters. The Bertz CT molecular complexity index is 408.